The number of amides is 2. The molecule has 0 radical (unpaired) electrons. The van der Waals surface area contributed by atoms with Gasteiger partial charge in [-0.25, -0.2) is 0 Å². The van der Waals surface area contributed by atoms with Crippen molar-refractivity contribution in [2.45, 2.75) is 13.5 Å². The number of halogens is 2. The van der Waals surface area contributed by atoms with Crippen molar-refractivity contribution in [3.63, 3.8) is 0 Å². The first-order chi connectivity index (χ1) is 15.4. The van der Waals surface area contributed by atoms with E-state index in [-0.39, 0.29) is 6.61 Å². The number of carbonyl (C=O) groups is 2. The zero-order valence-electron chi connectivity index (χ0n) is 17.1. The molecule has 0 aliphatic carbocycles. The molecule has 32 heavy (non-hydrogen) atoms. The van der Waals surface area contributed by atoms with Crippen molar-refractivity contribution in [1.82, 2.24) is 5.01 Å². The Balaban J connectivity index is 1.51. The van der Waals surface area contributed by atoms with Crippen LogP contribution in [0.2, 0.25) is 10.0 Å². The first-order valence-corrected chi connectivity index (χ1v) is 10.6. The number of hydrogen-bond acceptors (Lipinski definition) is 4. The molecule has 2 amide bonds. The molecule has 0 saturated heterocycles. The summed E-state index contributed by atoms with van der Waals surface area (Å²) in [6.45, 7) is 1.96. The van der Waals surface area contributed by atoms with E-state index in [4.69, 9.17) is 27.9 Å². The van der Waals surface area contributed by atoms with Crippen LogP contribution in [0.15, 0.2) is 83.5 Å². The summed E-state index contributed by atoms with van der Waals surface area (Å²) in [6, 6.07) is 21.2. The molecule has 3 aromatic rings. The summed E-state index contributed by atoms with van der Waals surface area (Å²) >= 11 is 12.5. The summed E-state index contributed by atoms with van der Waals surface area (Å²) in [7, 11) is 0. The topological polar surface area (TPSA) is 59.0 Å². The summed E-state index contributed by atoms with van der Waals surface area (Å²) in [5.74, 6) is -0.455. The number of benzene rings is 3. The van der Waals surface area contributed by atoms with Crippen LogP contribution in [0, 0.1) is 0 Å². The van der Waals surface area contributed by atoms with E-state index in [1.165, 1.54) is 0 Å². The number of carbonyl (C=O) groups excluding carboxylic acids is 2. The second kappa shape index (κ2) is 9.39. The van der Waals surface area contributed by atoms with Gasteiger partial charge >= 0.3 is 0 Å². The quantitative estimate of drug-likeness (QED) is 0.342. The van der Waals surface area contributed by atoms with Crippen LogP contribution in [0.4, 0.5) is 0 Å². The highest BCUT2D eigenvalue weighted by Gasteiger charge is 2.32. The Morgan fingerprint density at radius 2 is 1.72 bits per heavy atom. The number of hydrogen-bond donors (Lipinski definition) is 0. The fraction of sp³-hybridized carbons (Fsp3) is 0.0800. The van der Waals surface area contributed by atoms with Crippen molar-refractivity contribution in [3.05, 3.63) is 105 Å². The van der Waals surface area contributed by atoms with Gasteiger partial charge in [-0.1, -0.05) is 65.7 Å². The minimum absolute atomic E-state index is 0.278. The van der Waals surface area contributed by atoms with Gasteiger partial charge < -0.3 is 4.74 Å². The van der Waals surface area contributed by atoms with Crippen LogP contribution in [-0.4, -0.2) is 22.5 Å². The van der Waals surface area contributed by atoms with E-state index in [0.717, 1.165) is 10.6 Å². The lowest BCUT2D eigenvalue weighted by atomic mass is 10.1. The van der Waals surface area contributed by atoms with Crippen LogP contribution < -0.4 is 4.74 Å². The van der Waals surface area contributed by atoms with E-state index in [1.54, 1.807) is 67.6 Å². The molecule has 3 aromatic carbocycles. The maximum atomic E-state index is 12.8. The average molecular weight is 465 g/mol. The average Bonchev–Trinajstić information content (AvgIpc) is 3.08. The number of hydrazone groups is 1. The fourth-order valence-electron chi connectivity index (χ4n) is 3.19. The summed E-state index contributed by atoms with van der Waals surface area (Å²) in [5, 5.41) is 6.05. The van der Waals surface area contributed by atoms with Gasteiger partial charge in [0.15, 0.2) is 0 Å². The molecule has 160 valence electrons. The third-order valence-electron chi connectivity index (χ3n) is 4.88. The molecular weight excluding hydrogens is 447 g/mol. The van der Waals surface area contributed by atoms with E-state index in [9.17, 15) is 9.59 Å². The predicted molar refractivity (Wildman–Crippen MR) is 126 cm³/mol. The zero-order valence-corrected chi connectivity index (χ0v) is 18.6. The lowest BCUT2D eigenvalue weighted by Gasteiger charge is -2.10. The maximum absolute atomic E-state index is 12.8. The van der Waals surface area contributed by atoms with Gasteiger partial charge in [0.2, 0.25) is 0 Å². The first-order valence-electron chi connectivity index (χ1n) is 9.81. The molecule has 1 heterocycles. The summed E-state index contributed by atoms with van der Waals surface area (Å²) in [4.78, 5) is 25.5. The van der Waals surface area contributed by atoms with Crippen LogP contribution in [0.25, 0.3) is 6.08 Å². The van der Waals surface area contributed by atoms with Crippen LogP contribution >= 0.6 is 23.2 Å². The predicted octanol–water partition coefficient (Wildman–Crippen LogP) is 6.01. The monoisotopic (exact) mass is 464 g/mol. The van der Waals surface area contributed by atoms with Gasteiger partial charge in [-0.2, -0.15) is 10.1 Å². The molecule has 4 rings (SSSR count). The number of imide groups is 1. The second-order valence-corrected chi connectivity index (χ2v) is 7.92. The first kappa shape index (κ1) is 21.8. The third-order valence-corrected chi connectivity index (χ3v) is 5.55. The third kappa shape index (κ3) is 4.59. The molecule has 7 heteroatoms. The smallest absolute Gasteiger partial charge is 0.283 e. The molecule has 0 aromatic heterocycles. The van der Waals surface area contributed by atoms with Crippen LogP contribution in [0.3, 0.4) is 0 Å². The van der Waals surface area contributed by atoms with E-state index in [2.05, 4.69) is 5.10 Å². The molecule has 0 N–H and O–H groups in total. The van der Waals surface area contributed by atoms with Crippen molar-refractivity contribution >= 4 is 46.8 Å². The SMILES string of the molecule is CC1=NN(C(=O)c2ccccc2)C(=O)/C1=C/c1ccc(OCc2ccccc2Cl)c(Cl)c1. The minimum Gasteiger partial charge on any atom is -0.487 e. The number of nitrogens with zero attached hydrogens (tertiary/aromatic N) is 2. The highest BCUT2D eigenvalue weighted by molar-refractivity contribution is 6.33. The van der Waals surface area contributed by atoms with Gasteiger partial charge in [-0.15, -0.1) is 0 Å². The molecule has 0 bridgehead atoms. The molecule has 0 atom stereocenters. The normalized spacial score (nSPS) is 14.6. The van der Waals surface area contributed by atoms with Gasteiger partial charge in [-0.05, 0) is 48.9 Å². The Labute approximate surface area is 195 Å². The van der Waals surface area contributed by atoms with Gasteiger partial charge in [0.05, 0.1) is 16.3 Å². The molecule has 1 aliphatic heterocycles. The minimum atomic E-state index is -0.480. The van der Waals surface area contributed by atoms with Crippen LogP contribution in [0.5, 0.6) is 5.75 Å². The largest absolute Gasteiger partial charge is 0.487 e. The molecule has 0 unspecified atom stereocenters. The Morgan fingerprint density at radius 1 is 1.00 bits per heavy atom. The van der Waals surface area contributed by atoms with Gasteiger partial charge in [0.25, 0.3) is 11.8 Å². The van der Waals surface area contributed by atoms with E-state index in [0.29, 0.717) is 38.2 Å². The lowest BCUT2D eigenvalue weighted by Crippen LogP contribution is -2.29. The molecule has 1 aliphatic rings. The van der Waals surface area contributed by atoms with Gasteiger partial charge in [0, 0.05) is 16.1 Å². The van der Waals surface area contributed by atoms with E-state index < -0.39 is 11.8 Å². The Bertz CT molecular complexity index is 1250. The fourth-order valence-corrected chi connectivity index (χ4v) is 3.62. The zero-order chi connectivity index (χ0) is 22.7. The van der Waals surface area contributed by atoms with Crippen molar-refractivity contribution < 1.29 is 14.3 Å². The Kier molecular flexibility index (Phi) is 6.40. The number of rotatable bonds is 5. The molecule has 0 saturated carbocycles. The molecule has 5 nitrogen and oxygen atoms in total. The summed E-state index contributed by atoms with van der Waals surface area (Å²) in [5.41, 5.74) is 2.71. The van der Waals surface area contributed by atoms with E-state index in [1.807, 2.05) is 18.2 Å². The Hall–Kier alpha value is -3.41. The van der Waals surface area contributed by atoms with Gasteiger partial charge in [0.1, 0.15) is 12.4 Å². The highest BCUT2D eigenvalue weighted by Crippen LogP contribution is 2.29. The van der Waals surface area contributed by atoms with Crippen molar-refractivity contribution in [2.24, 2.45) is 5.10 Å². The van der Waals surface area contributed by atoms with Crippen molar-refractivity contribution in [3.8, 4) is 5.75 Å². The highest BCUT2D eigenvalue weighted by atomic mass is 35.5. The summed E-state index contributed by atoms with van der Waals surface area (Å²) in [6.07, 6.45) is 1.66. The number of ether oxygens (including phenoxy) is 1. The Morgan fingerprint density at radius 3 is 2.44 bits per heavy atom. The molecular formula is C25H18Cl2N2O3. The van der Waals surface area contributed by atoms with E-state index >= 15 is 0 Å². The van der Waals surface area contributed by atoms with Crippen LogP contribution in [0.1, 0.15) is 28.4 Å². The standard InChI is InChI=1S/C25H18Cl2N2O3/c1-16-20(25(31)29(28-16)24(30)18-7-3-2-4-8-18)13-17-11-12-23(22(27)14-17)32-15-19-9-5-6-10-21(19)26/h2-14H,15H2,1H3/b20-13+. The van der Waals surface area contributed by atoms with Gasteiger partial charge in [-0.3, -0.25) is 9.59 Å². The molecule has 0 fully saturated rings. The maximum Gasteiger partial charge on any atom is 0.283 e. The van der Waals surface area contributed by atoms with Crippen molar-refractivity contribution in [2.75, 3.05) is 0 Å². The van der Waals surface area contributed by atoms with Crippen LogP contribution in [-0.2, 0) is 11.4 Å². The molecule has 0 spiro atoms. The lowest BCUT2D eigenvalue weighted by molar-refractivity contribution is -0.123. The second-order valence-electron chi connectivity index (χ2n) is 7.10. The summed E-state index contributed by atoms with van der Waals surface area (Å²) < 4.78 is 5.79. The van der Waals surface area contributed by atoms with Crippen molar-refractivity contribution in [1.29, 1.82) is 0 Å².